The predicted molar refractivity (Wildman–Crippen MR) is 98.4 cm³/mol. The second-order valence-electron chi connectivity index (χ2n) is 7.50. The van der Waals surface area contributed by atoms with Crippen LogP contribution in [-0.4, -0.2) is 42.4 Å². The lowest BCUT2D eigenvalue weighted by Crippen LogP contribution is -2.20. The Labute approximate surface area is 163 Å². The smallest absolute Gasteiger partial charge is 0.234 e. The first kappa shape index (κ1) is 20.7. The number of hydrogen-bond donors (Lipinski definition) is 2. The van der Waals surface area contributed by atoms with Crippen LogP contribution in [0.1, 0.15) is 74.6 Å². The van der Waals surface area contributed by atoms with Crippen molar-refractivity contribution in [1.82, 2.24) is 19.9 Å². The van der Waals surface area contributed by atoms with Crippen LogP contribution in [0.2, 0.25) is 0 Å². The van der Waals surface area contributed by atoms with Crippen molar-refractivity contribution in [2.75, 3.05) is 0 Å². The van der Waals surface area contributed by atoms with Gasteiger partial charge in [0.05, 0.1) is 23.6 Å². The molecule has 2 aliphatic carbocycles. The predicted octanol–water partition coefficient (Wildman–Crippen LogP) is 3.27. The highest BCUT2D eigenvalue weighted by molar-refractivity contribution is 5.08. The maximum absolute atomic E-state index is 13.2. The summed E-state index contributed by atoms with van der Waals surface area (Å²) >= 11 is 0. The summed E-state index contributed by atoms with van der Waals surface area (Å²) in [6.45, 7) is 0. The molecule has 4 atom stereocenters. The van der Waals surface area contributed by atoms with E-state index in [2.05, 4.69) is 19.9 Å². The Bertz CT molecular complexity index is 701. The van der Waals surface area contributed by atoms with Gasteiger partial charge in [-0.25, -0.2) is 9.97 Å². The largest absolute Gasteiger partial charge is 0.393 e. The monoisotopic (exact) mass is 392 g/mol. The van der Waals surface area contributed by atoms with Crippen LogP contribution in [0.3, 0.4) is 0 Å². The molecule has 0 bridgehead atoms. The lowest BCUT2D eigenvalue weighted by Gasteiger charge is -2.25. The summed E-state index contributed by atoms with van der Waals surface area (Å²) < 4.78 is 26.5. The molecule has 2 N–H and O–H groups in total. The molecule has 0 aromatic carbocycles. The van der Waals surface area contributed by atoms with E-state index in [1.807, 2.05) is 0 Å². The first-order valence-corrected chi connectivity index (χ1v) is 9.83. The number of aromatic nitrogens is 4. The molecule has 0 spiro atoms. The quantitative estimate of drug-likeness (QED) is 0.815. The maximum Gasteiger partial charge on any atom is 0.234 e. The molecule has 2 aromatic heterocycles. The van der Waals surface area contributed by atoms with Gasteiger partial charge in [0, 0.05) is 36.6 Å². The van der Waals surface area contributed by atoms with Gasteiger partial charge in [0.1, 0.15) is 0 Å². The van der Waals surface area contributed by atoms with Crippen LogP contribution in [-0.2, 0) is 0 Å². The van der Waals surface area contributed by atoms with Gasteiger partial charge in [0.25, 0.3) is 0 Å². The summed E-state index contributed by atoms with van der Waals surface area (Å²) in [5.74, 6) is -0.918. The van der Waals surface area contributed by atoms with Crippen molar-refractivity contribution < 1.29 is 19.0 Å². The number of rotatable bonds is 2. The molecule has 2 aromatic rings. The van der Waals surface area contributed by atoms with Crippen LogP contribution in [0.4, 0.5) is 8.78 Å². The van der Waals surface area contributed by atoms with Crippen molar-refractivity contribution in [3.05, 3.63) is 48.1 Å². The van der Waals surface area contributed by atoms with Gasteiger partial charge in [-0.15, -0.1) is 0 Å². The van der Waals surface area contributed by atoms with Crippen molar-refractivity contribution in [3.8, 4) is 0 Å². The fourth-order valence-corrected chi connectivity index (χ4v) is 4.04. The van der Waals surface area contributed by atoms with E-state index in [0.29, 0.717) is 24.2 Å². The highest BCUT2D eigenvalue weighted by Gasteiger charge is 2.26. The van der Waals surface area contributed by atoms with E-state index in [0.717, 1.165) is 38.5 Å². The molecular weight excluding hydrogens is 366 g/mol. The third kappa shape index (κ3) is 5.48. The van der Waals surface area contributed by atoms with Gasteiger partial charge in [-0.3, -0.25) is 9.97 Å². The molecule has 152 valence electrons. The van der Waals surface area contributed by atoms with Gasteiger partial charge in [-0.2, -0.15) is 8.78 Å². The highest BCUT2D eigenvalue weighted by atomic mass is 19.1. The van der Waals surface area contributed by atoms with Gasteiger partial charge in [0.15, 0.2) is 0 Å². The number of aliphatic hydroxyl groups excluding tert-OH is 2. The van der Waals surface area contributed by atoms with Crippen molar-refractivity contribution >= 4 is 0 Å². The van der Waals surface area contributed by atoms with E-state index in [1.165, 1.54) is 24.8 Å². The Morgan fingerprint density at radius 1 is 0.643 bits per heavy atom. The van der Waals surface area contributed by atoms with E-state index in [4.69, 9.17) is 0 Å². The molecule has 0 amide bonds. The lowest BCUT2D eigenvalue weighted by molar-refractivity contribution is 0.117. The van der Waals surface area contributed by atoms with E-state index in [1.54, 1.807) is 0 Å². The first-order valence-electron chi connectivity index (χ1n) is 9.83. The summed E-state index contributed by atoms with van der Waals surface area (Å²) in [7, 11) is 0. The van der Waals surface area contributed by atoms with E-state index >= 15 is 0 Å². The van der Waals surface area contributed by atoms with Crippen molar-refractivity contribution in [2.45, 2.75) is 75.4 Å². The summed E-state index contributed by atoms with van der Waals surface area (Å²) in [6.07, 6.45) is 11.6. The fraction of sp³-hybridized carbons (Fsp3) is 0.600. The van der Waals surface area contributed by atoms with Crippen molar-refractivity contribution in [3.63, 3.8) is 0 Å². The molecule has 2 fully saturated rings. The summed E-state index contributed by atoms with van der Waals surface area (Å²) in [5, 5.41) is 18.9. The second-order valence-corrected chi connectivity index (χ2v) is 7.50. The Morgan fingerprint density at radius 2 is 1.04 bits per heavy atom. The third-order valence-electron chi connectivity index (χ3n) is 5.43. The average molecular weight is 392 g/mol. The zero-order chi connectivity index (χ0) is 19.9. The number of halogens is 2. The van der Waals surface area contributed by atoms with Gasteiger partial charge >= 0.3 is 0 Å². The van der Waals surface area contributed by atoms with E-state index in [-0.39, 0.29) is 24.0 Å². The van der Waals surface area contributed by atoms with E-state index in [9.17, 15) is 19.0 Å². The summed E-state index contributed by atoms with van der Waals surface area (Å²) in [5.41, 5.74) is 0.817. The fourth-order valence-electron chi connectivity index (χ4n) is 4.04. The first-order chi connectivity index (χ1) is 13.5. The normalized spacial score (nSPS) is 27.6. The summed E-state index contributed by atoms with van der Waals surface area (Å²) in [4.78, 5) is 15.1. The molecule has 0 radical (unpaired) electrons. The SMILES string of the molecule is O[C@@H]1CCC[C@H](c2nccnc2F)C1.O[C@H]1CCC[C@H](c2nccnc2F)C1. The van der Waals surface area contributed by atoms with Crippen LogP contribution in [0.15, 0.2) is 24.8 Å². The van der Waals surface area contributed by atoms with Gasteiger partial charge in [0.2, 0.25) is 11.9 Å². The zero-order valence-corrected chi connectivity index (χ0v) is 15.7. The standard InChI is InChI=1S/2C10H13FN2O/c2*11-10-9(12-4-5-13-10)7-2-1-3-8(14)6-7/h2*4-5,7-8,14H,1-3,6H2/t7-,8+;7-,8-/m00/s1. The minimum absolute atomic E-state index is 0.0347. The number of hydrogen-bond acceptors (Lipinski definition) is 6. The van der Waals surface area contributed by atoms with Crippen LogP contribution in [0.25, 0.3) is 0 Å². The second kappa shape index (κ2) is 9.93. The minimum Gasteiger partial charge on any atom is -0.393 e. The number of aliphatic hydroxyl groups is 2. The number of nitrogens with zero attached hydrogens (tertiary/aromatic N) is 4. The molecule has 0 aliphatic heterocycles. The molecular formula is C20H26F2N4O2. The third-order valence-corrected chi connectivity index (χ3v) is 5.43. The van der Waals surface area contributed by atoms with Crippen LogP contribution in [0.5, 0.6) is 0 Å². The Balaban J connectivity index is 0.000000161. The molecule has 2 aliphatic rings. The topological polar surface area (TPSA) is 92.0 Å². The Kier molecular flexibility index (Phi) is 7.33. The summed E-state index contributed by atoms with van der Waals surface area (Å²) in [6, 6.07) is 0. The minimum atomic E-state index is -0.494. The molecule has 0 unspecified atom stereocenters. The molecule has 28 heavy (non-hydrogen) atoms. The molecule has 2 heterocycles. The Morgan fingerprint density at radius 3 is 1.39 bits per heavy atom. The van der Waals surface area contributed by atoms with Crippen LogP contribution in [0, 0.1) is 11.9 Å². The Hall–Kier alpha value is -2.06. The van der Waals surface area contributed by atoms with Gasteiger partial charge in [-0.1, -0.05) is 12.8 Å². The zero-order valence-electron chi connectivity index (χ0n) is 15.7. The molecule has 0 saturated heterocycles. The molecule has 2 saturated carbocycles. The average Bonchev–Trinajstić information content (AvgIpc) is 2.69. The van der Waals surface area contributed by atoms with Crippen LogP contribution >= 0.6 is 0 Å². The molecule has 8 heteroatoms. The molecule has 4 rings (SSSR count). The van der Waals surface area contributed by atoms with E-state index < -0.39 is 11.9 Å². The van der Waals surface area contributed by atoms with Crippen molar-refractivity contribution in [1.29, 1.82) is 0 Å². The molecule has 6 nitrogen and oxygen atoms in total. The van der Waals surface area contributed by atoms with Gasteiger partial charge < -0.3 is 10.2 Å². The highest BCUT2D eigenvalue weighted by Crippen LogP contribution is 2.33. The van der Waals surface area contributed by atoms with Crippen LogP contribution < -0.4 is 0 Å². The maximum atomic E-state index is 13.2. The lowest BCUT2D eigenvalue weighted by atomic mass is 9.85. The van der Waals surface area contributed by atoms with Gasteiger partial charge in [-0.05, 0) is 38.5 Å². The van der Waals surface area contributed by atoms with Crippen molar-refractivity contribution in [2.24, 2.45) is 0 Å².